The van der Waals surface area contributed by atoms with Crippen LogP contribution in [0.2, 0.25) is 0 Å². The van der Waals surface area contributed by atoms with Crippen LogP contribution in [0, 0.1) is 21.0 Å². The Hall–Kier alpha value is -1.16. The van der Waals surface area contributed by atoms with E-state index in [4.69, 9.17) is 0 Å². The summed E-state index contributed by atoms with van der Waals surface area (Å²) in [5, 5.41) is 0. The molecule has 0 atom stereocenters. The molecule has 0 aliphatic heterocycles. The minimum atomic E-state index is -0.338. The lowest BCUT2D eigenvalue weighted by Gasteiger charge is -2.11. The molecular formula is C16H14I2N2O2. The molecule has 0 unspecified atom stereocenters. The number of halogens is 2. The second-order valence-electron chi connectivity index (χ2n) is 4.80. The molecule has 2 rings (SSSR count). The number of amides is 2. The lowest BCUT2D eigenvalue weighted by molar-refractivity contribution is 0.0845. The third-order valence-corrected chi connectivity index (χ3v) is 5.23. The molecule has 0 aliphatic carbocycles. The SMILES string of the molecule is Cc1ccc(C(=O)NNC(=O)c2c(C)cccc2I)cc1I. The summed E-state index contributed by atoms with van der Waals surface area (Å²) in [5.74, 6) is -0.660. The molecule has 0 fully saturated rings. The van der Waals surface area contributed by atoms with Gasteiger partial charge in [-0.1, -0.05) is 18.2 Å². The normalized spacial score (nSPS) is 10.2. The summed E-state index contributed by atoms with van der Waals surface area (Å²) in [5.41, 5.74) is 7.97. The molecule has 0 heterocycles. The molecule has 22 heavy (non-hydrogen) atoms. The van der Waals surface area contributed by atoms with Crippen LogP contribution < -0.4 is 10.9 Å². The Kier molecular flexibility index (Phi) is 5.79. The lowest BCUT2D eigenvalue weighted by Crippen LogP contribution is -2.42. The molecule has 6 heteroatoms. The second kappa shape index (κ2) is 7.40. The van der Waals surface area contributed by atoms with Crippen LogP contribution >= 0.6 is 45.2 Å². The summed E-state index contributed by atoms with van der Waals surface area (Å²) in [6.45, 7) is 3.84. The van der Waals surface area contributed by atoms with Gasteiger partial charge in [0.25, 0.3) is 11.8 Å². The van der Waals surface area contributed by atoms with Crippen molar-refractivity contribution < 1.29 is 9.59 Å². The highest BCUT2D eigenvalue weighted by Crippen LogP contribution is 2.16. The quantitative estimate of drug-likeness (QED) is 0.470. The van der Waals surface area contributed by atoms with Crippen LogP contribution in [-0.4, -0.2) is 11.8 Å². The van der Waals surface area contributed by atoms with Crippen molar-refractivity contribution >= 4 is 57.0 Å². The third-order valence-electron chi connectivity index (χ3n) is 3.17. The van der Waals surface area contributed by atoms with E-state index in [1.807, 2.05) is 38.1 Å². The highest BCUT2D eigenvalue weighted by atomic mass is 127. The van der Waals surface area contributed by atoms with Gasteiger partial charge < -0.3 is 0 Å². The highest BCUT2D eigenvalue weighted by Gasteiger charge is 2.14. The molecule has 2 amide bonds. The van der Waals surface area contributed by atoms with E-state index in [9.17, 15) is 9.59 Å². The van der Waals surface area contributed by atoms with Crippen LogP contribution in [0.3, 0.4) is 0 Å². The van der Waals surface area contributed by atoms with Gasteiger partial charge in [0.05, 0.1) is 5.56 Å². The van der Waals surface area contributed by atoms with Gasteiger partial charge in [-0.25, -0.2) is 0 Å². The minimum absolute atomic E-state index is 0.322. The van der Waals surface area contributed by atoms with Gasteiger partial charge in [0, 0.05) is 12.7 Å². The van der Waals surface area contributed by atoms with Gasteiger partial charge in [-0.2, -0.15) is 0 Å². The maximum absolute atomic E-state index is 12.2. The fourth-order valence-corrected chi connectivity index (χ4v) is 3.30. The van der Waals surface area contributed by atoms with Gasteiger partial charge >= 0.3 is 0 Å². The van der Waals surface area contributed by atoms with Crippen LogP contribution in [0.1, 0.15) is 31.8 Å². The summed E-state index contributed by atoms with van der Waals surface area (Å²) in [4.78, 5) is 24.3. The van der Waals surface area contributed by atoms with Crippen LogP contribution in [0.25, 0.3) is 0 Å². The first-order valence-electron chi connectivity index (χ1n) is 6.52. The van der Waals surface area contributed by atoms with Crippen molar-refractivity contribution in [3.8, 4) is 0 Å². The molecule has 0 saturated carbocycles. The number of aryl methyl sites for hydroxylation is 2. The predicted octanol–water partition coefficient (Wildman–Crippen LogP) is 3.59. The first kappa shape index (κ1) is 17.2. The van der Waals surface area contributed by atoms with Crippen LogP contribution in [0.4, 0.5) is 0 Å². The third kappa shape index (κ3) is 3.97. The molecule has 0 aromatic heterocycles. The number of carbonyl (C=O) groups is 2. The van der Waals surface area contributed by atoms with Crippen molar-refractivity contribution in [1.82, 2.24) is 10.9 Å². The van der Waals surface area contributed by atoms with Gasteiger partial charge in [0.1, 0.15) is 0 Å². The van der Waals surface area contributed by atoms with E-state index in [-0.39, 0.29) is 11.8 Å². The standard InChI is InChI=1S/C16H14I2N2O2/c1-9-6-7-11(8-13(9)18)15(21)19-20-16(22)14-10(2)4-3-5-12(14)17/h3-8H,1-2H3,(H,19,21)(H,20,22). The minimum Gasteiger partial charge on any atom is -0.267 e. The van der Waals surface area contributed by atoms with E-state index in [1.54, 1.807) is 12.1 Å². The van der Waals surface area contributed by atoms with E-state index < -0.39 is 0 Å². The first-order chi connectivity index (χ1) is 10.4. The zero-order valence-corrected chi connectivity index (χ0v) is 16.4. The summed E-state index contributed by atoms with van der Waals surface area (Å²) in [6, 6.07) is 11.0. The second-order valence-corrected chi connectivity index (χ2v) is 7.13. The number of carbonyl (C=O) groups excluding carboxylic acids is 2. The summed E-state index contributed by atoms with van der Waals surface area (Å²) < 4.78 is 1.85. The van der Waals surface area contributed by atoms with Gasteiger partial charge in [0.2, 0.25) is 0 Å². The monoisotopic (exact) mass is 520 g/mol. The van der Waals surface area contributed by atoms with Gasteiger partial charge in [-0.15, -0.1) is 0 Å². The number of rotatable bonds is 2. The first-order valence-corrected chi connectivity index (χ1v) is 8.68. The molecule has 2 aromatic carbocycles. The largest absolute Gasteiger partial charge is 0.271 e. The van der Waals surface area contributed by atoms with Crippen molar-refractivity contribution in [2.45, 2.75) is 13.8 Å². The summed E-state index contributed by atoms with van der Waals surface area (Å²) in [6.07, 6.45) is 0. The molecule has 0 aliphatic rings. The molecule has 4 nitrogen and oxygen atoms in total. The number of hydrogen-bond acceptors (Lipinski definition) is 2. The average molecular weight is 520 g/mol. The summed E-state index contributed by atoms with van der Waals surface area (Å²) in [7, 11) is 0. The van der Waals surface area contributed by atoms with Gasteiger partial charge in [0.15, 0.2) is 0 Å². The van der Waals surface area contributed by atoms with Crippen LogP contribution in [-0.2, 0) is 0 Å². The van der Waals surface area contributed by atoms with Crippen LogP contribution in [0.5, 0.6) is 0 Å². The van der Waals surface area contributed by atoms with E-state index in [0.29, 0.717) is 11.1 Å². The van der Waals surface area contributed by atoms with Crippen molar-refractivity contribution in [1.29, 1.82) is 0 Å². The molecule has 0 bridgehead atoms. The fourth-order valence-electron chi connectivity index (χ4n) is 1.90. The van der Waals surface area contributed by atoms with Crippen molar-refractivity contribution in [2.24, 2.45) is 0 Å². The fraction of sp³-hybridized carbons (Fsp3) is 0.125. The Morgan fingerprint density at radius 3 is 2.18 bits per heavy atom. The number of benzene rings is 2. The van der Waals surface area contributed by atoms with E-state index in [2.05, 4.69) is 56.0 Å². The molecule has 2 aromatic rings. The number of hydrogen-bond donors (Lipinski definition) is 2. The molecule has 0 spiro atoms. The Morgan fingerprint density at radius 2 is 1.55 bits per heavy atom. The Bertz CT molecular complexity index is 725. The summed E-state index contributed by atoms with van der Waals surface area (Å²) >= 11 is 4.28. The molecule has 114 valence electrons. The maximum Gasteiger partial charge on any atom is 0.271 e. The number of hydrazine groups is 1. The average Bonchev–Trinajstić information content (AvgIpc) is 2.47. The zero-order chi connectivity index (χ0) is 16.3. The van der Waals surface area contributed by atoms with Crippen molar-refractivity contribution in [2.75, 3.05) is 0 Å². The Balaban J connectivity index is 2.07. The van der Waals surface area contributed by atoms with E-state index in [0.717, 1.165) is 18.3 Å². The molecule has 0 radical (unpaired) electrons. The van der Waals surface area contributed by atoms with Crippen LogP contribution in [0.15, 0.2) is 36.4 Å². The van der Waals surface area contributed by atoms with Gasteiger partial charge in [-0.3, -0.25) is 20.4 Å². The Labute approximate surface area is 156 Å². The van der Waals surface area contributed by atoms with Crippen molar-refractivity contribution in [3.63, 3.8) is 0 Å². The Morgan fingerprint density at radius 1 is 0.864 bits per heavy atom. The van der Waals surface area contributed by atoms with E-state index >= 15 is 0 Å². The maximum atomic E-state index is 12.2. The predicted molar refractivity (Wildman–Crippen MR) is 103 cm³/mol. The molecule has 2 N–H and O–H groups in total. The lowest BCUT2D eigenvalue weighted by atomic mass is 10.1. The number of nitrogens with one attached hydrogen (secondary N) is 2. The topological polar surface area (TPSA) is 58.2 Å². The highest BCUT2D eigenvalue weighted by molar-refractivity contribution is 14.1. The smallest absolute Gasteiger partial charge is 0.267 e. The molecular weight excluding hydrogens is 506 g/mol. The van der Waals surface area contributed by atoms with Crippen molar-refractivity contribution in [3.05, 3.63) is 65.8 Å². The zero-order valence-electron chi connectivity index (χ0n) is 12.0. The van der Waals surface area contributed by atoms with Gasteiger partial charge in [-0.05, 0) is 88.4 Å². The van der Waals surface area contributed by atoms with E-state index in [1.165, 1.54) is 0 Å². The molecule has 0 saturated heterocycles.